The van der Waals surface area contributed by atoms with Crippen molar-refractivity contribution in [3.63, 3.8) is 0 Å². The summed E-state index contributed by atoms with van der Waals surface area (Å²) in [4.78, 5) is 11.5. The van der Waals surface area contributed by atoms with Crippen molar-refractivity contribution < 1.29 is 9.53 Å². The van der Waals surface area contributed by atoms with Crippen LogP contribution < -0.4 is 10.1 Å². The predicted molar refractivity (Wildman–Crippen MR) is 83.3 cm³/mol. The third-order valence-corrected chi connectivity index (χ3v) is 2.92. The van der Waals surface area contributed by atoms with Crippen molar-refractivity contribution in [2.24, 2.45) is 0 Å². The van der Waals surface area contributed by atoms with E-state index in [1.54, 1.807) is 0 Å². The quantitative estimate of drug-likeness (QED) is 0.884. The van der Waals surface area contributed by atoms with E-state index in [0.29, 0.717) is 5.75 Å². The summed E-state index contributed by atoms with van der Waals surface area (Å²) in [6, 6.07) is 19.0. The Kier molecular flexibility index (Phi) is 5.38. The van der Waals surface area contributed by atoms with Crippen molar-refractivity contribution in [2.45, 2.75) is 26.3 Å². The number of nitrogens with one attached hydrogen (secondary N) is 1. The first-order chi connectivity index (χ1) is 10.1. The van der Waals surface area contributed by atoms with E-state index >= 15 is 0 Å². The van der Waals surface area contributed by atoms with Gasteiger partial charge >= 0.3 is 0 Å². The molecule has 1 radical (unpaired) electrons. The van der Waals surface area contributed by atoms with Gasteiger partial charge in [-0.2, -0.15) is 0 Å². The molecule has 3 nitrogen and oxygen atoms in total. The van der Waals surface area contributed by atoms with E-state index in [0.717, 1.165) is 6.42 Å². The second kappa shape index (κ2) is 7.48. The van der Waals surface area contributed by atoms with Crippen LogP contribution >= 0.6 is 0 Å². The number of rotatable bonds is 6. The normalized spacial score (nSPS) is 10.4. The molecule has 2 aromatic rings. The summed E-state index contributed by atoms with van der Waals surface area (Å²) in [7, 11) is 0. The highest BCUT2D eigenvalue weighted by atomic mass is 16.5. The summed E-state index contributed by atoms with van der Waals surface area (Å²) in [6.45, 7) is 3.90. The molecule has 1 amide bonds. The molecule has 0 fully saturated rings. The number of amides is 1. The first-order valence-electron chi connectivity index (χ1n) is 7.09. The maximum atomic E-state index is 11.5. The Hall–Kier alpha value is -2.29. The number of ether oxygens (including phenoxy) is 1. The lowest BCUT2D eigenvalue weighted by atomic mass is 10.1. The van der Waals surface area contributed by atoms with E-state index in [1.807, 2.05) is 56.3 Å². The van der Waals surface area contributed by atoms with Crippen LogP contribution in [0, 0.1) is 6.07 Å². The standard InChI is InChI=1S/C18H20NO2/c1-14(2)19-18(20)13-21-17-10-8-16(9-11-17)12-15-6-4-3-5-7-15/h3-4,6-11,14H,12-13H2,1-2H3,(H,19,20). The first-order valence-corrected chi connectivity index (χ1v) is 7.09. The highest BCUT2D eigenvalue weighted by Gasteiger charge is 2.04. The summed E-state index contributed by atoms with van der Waals surface area (Å²) in [6.07, 6.45) is 0.867. The summed E-state index contributed by atoms with van der Waals surface area (Å²) in [5, 5.41) is 2.79. The lowest BCUT2D eigenvalue weighted by Crippen LogP contribution is -2.34. The van der Waals surface area contributed by atoms with Gasteiger partial charge in [0.15, 0.2) is 6.61 Å². The molecule has 0 bridgehead atoms. The molecule has 0 aromatic heterocycles. The fourth-order valence-corrected chi connectivity index (χ4v) is 1.99. The van der Waals surface area contributed by atoms with Crippen molar-refractivity contribution in [1.29, 1.82) is 0 Å². The molecule has 2 rings (SSSR count). The van der Waals surface area contributed by atoms with Crippen LogP contribution in [0.3, 0.4) is 0 Å². The molecule has 1 N–H and O–H groups in total. The molecule has 0 spiro atoms. The number of hydrogen-bond acceptors (Lipinski definition) is 2. The lowest BCUT2D eigenvalue weighted by Gasteiger charge is -2.10. The number of carbonyl (C=O) groups is 1. The molecule has 109 valence electrons. The van der Waals surface area contributed by atoms with E-state index in [-0.39, 0.29) is 18.6 Å². The zero-order valence-electron chi connectivity index (χ0n) is 12.4. The second-order valence-electron chi connectivity index (χ2n) is 5.24. The van der Waals surface area contributed by atoms with Gasteiger partial charge < -0.3 is 10.1 Å². The van der Waals surface area contributed by atoms with Crippen molar-refractivity contribution >= 4 is 5.91 Å². The molecular formula is C18H20NO2. The molecule has 0 saturated carbocycles. The molecule has 0 aliphatic heterocycles. The van der Waals surface area contributed by atoms with Gasteiger partial charge in [-0.3, -0.25) is 4.79 Å². The number of carbonyl (C=O) groups excluding carboxylic acids is 1. The van der Waals surface area contributed by atoms with Crippen LogP contribution in [0.2, 0.25) is 0 Å². The Labute approximate surface area is 126 Å². The van der Waals surface area contributed by atoms with Crippen LogP contribution in [-0.4, -0.2) is 18.6 Å². The minimum Gasteiger partial charge on any atom is -0.484 e. The van der Waals surface area contributed by atoms with Crippen LogP contribution in [0.15, 0.2) is 48.5 Å². The van der Waals surface area contributed by atoms with Gasteiger partial charge in [0.1, 0.15) is 5.75 Å². The van der Waals surface area contributed by atoms with Gasteiger partial charge in [-0.1, -0.05) is 36.4 Å². The van der Waals surface area contributed by atoms with Gasteiger partial charge in [-0.05, 0) is 49.6 Å². The number of hydrogen-bond donors (Lipinski definition) is 1. The van der Waals surface area contributed by atoms with Gasteiger partial charge in [-0.25, -0.2) is 0 Å². The van der Waals surface area contributed by atoms with Gasteiger partial charge in [-0.15, -0.1) is 0 Å². The molecule has 0 saturated heterocycles. The molecule has 0 atom stereocenters. The van der Waals surface area contributed by atoms with Gasteiger partial charge in [0.05, 0.1) is 0 Å². The van der Waals surface area contributed by atoms with E-state index < -0.39 is 0 Å². The average molecular weight is 282 g/mol. The van der Waals surface area contributed by atoms with Crippen molar-refractivity contribution in [2.75, 3.05) is 6.61 Å². The monoisotopic (exact) mass is 282 g/mol. The minimum absolute atomic E-state index is 0.0468. The third kappa shape index (κ3) is 5.30. The molecule has 0 unspecified atom stereocenters. The van der Waals surface area contributed by atoms with Crippen molar-refractivity contribution in [3.05, 3.63) is 65.7 Å². The highest BCUT2D eigenvalue weighted by molar-refractivity contribution is 5.77. The van der Waals surface area contributed by atoms with E-state index in [4.69, 9.17) is 4.74 Å². The lowest BCUT2D eigenvalue weighted by molar-refractivity contribution is -0.123. The van der Waals surface area contributed by atoms with Crippen LogP contribution in [-0.2, 0) is 11.2 Å². The summed E-state index contributed by atoms with van der Waals surface area (Å²) in [5.41, 5.74) is 2.43. The molecule has 0 aliphatic carbocycles. The highest BCUT2D eigenvalue weighted by Crippen LogP contribution is 2.15. The Morgan fingerprint density at radius 1 is 1.19 bits per heavy atom. The maximum absolute atomic E-state index is 11.5. The summed E-state index contributed by atoms with van der Waals surface area (Å²) < 4.78 is 5.46. The zero-order valence-corrected chi connectivity index (χ0v) is 12.4. The fraction of sp³-hybridized carbons (Fsp3) is 0.278. The Morgan fingerprint density at radius 3 is 2.57 bits per heavy atom. The smallest absolute Gasteiger partial charge is 0.258 e. The maximum Gasteiger partial charge on any atom is 0.258 e. The van der Waals surface area contributed by atoms with E-state index in [1.165, 1.54) is 11.1 Å². The molecule has 21 heavy (non-hydrogen) atoms. The first kappa shape index (κ1) is 15.1. The van der Waals surface area contributed by atoms with Gasteiger partial charge in [0, 0.05) is 6.04 Å². The Bertz CT molecular complexity index is 562. The van der Waals surface area contributed by atoms with E-state index in [2.05, 4.69) is 17.4 Å². The van der Waals surface area contributed by atoms with Gasteiger partial charge in [0.25, 0.3) is 5.91 Å². The van der Waals surface area contributed by atoms with Crippen LogP contribution in [0.1, 0.15) is 25.0 Å². The molecule has 2 aromatic carbocycles. The van der Waals surface area contributed by atoms with Crippen LogP contribution in [0.25, 0.3) is 0 Å². The molecular weight excluding hydrogens is 262 g/mol. The summed E-state index contributed by atoms with van der Waals surface area (Å²) in [5.74, 6) is 0.603. The Morgan fingerprint density at radius 2 is 1.95 bits per heavy atom. The molecule has 0 heterocycles. The zero-order chi connectivity index (χ0) is 15.1. The topological polar surface area (TPSA) is 38.3 Å². The molecule has 3 heteroatoms. The van der Waals surface area contributed by atoms with Crippen molar-refractivity contribution in [3.8, 4) is 5.75 Å². The fourth-order valence-electron chi connectivity index (χ4n) is 1.99. The van der Waals surface area contributed by atoms with Crippen molar-refractivity contribution in [1.82, 2.24) is 5.32 Å². The summed E-state index contributed by atoms with van der Waals surface area (Å²) >= 11 is 0. The van der Waals surface area contributed by atoms with E-state index in [9.17, 15) is 4.79 Å². The largest absolute Gasteiger partial charge is 0.484 e. The SMILES string of the molecule is CC(C)NC(=O)COc1ccc(Cc2c[c]ccc2)cc1. The average Bonchev–Trinajstić information content (AvgIpc) is 2.47. The van der Waals surface area contributed by atoms with Gasteiger partial charge in [0.2, 0.25) is 0 Å². The molecule has 0 aliphatic rings. The predicted octanol–water partition coefficient (Wildman–Crippen LogP) is 2.98. The second-order valence-corrected chi connectivity index (χ2v) is 5.24. The minimum atomic E-state index is -0.103. The van der Waals surface area contributed by atoms with Crippen LogP contribution in [0.5, 0.6) is 5.75 Å². The third-order valence-electron chi connectivity index (χ3n) is 2.92. The van der Waals surface area contributed by atoms with Crippen LogP contribution in [0.4, 0.5) is 0 Å². The Balaban J connectivity index is 1.86. The number of benzene rings is 2.